The van der Waals surface area contributed by atoms with Crippen LogP contribution in [0.25, 0.3) is 0 Å². The number of carbonyl (C=O) groups excluding carboxylic acids is 3. The van der Waals surface area contributed by atoms with Gasteiger partial charge in [-0.1, -0.05) is 25.4 Å². The first-order valence-corrected chi connectivity index (χ1v) is 11.1. The van der Waals surface area contributed by atoms with Crippen molar-refractivity contribution in [3.05, 3.63) is 28.3 Å². The molecule has 0 aromatic heterocycles. The summed E-state index contributed by atoms with van der Waals surface area (Å²) in [5.41, 5.74) is -0.271. The van der Waals surface area contributed by atoms with Gasteiger partial charge in [0.25, 0.3) is 0 Å². The van der Waals surface area contributed by atoms with Crippen LogP contribution in [0.2, 0.25) is 5.02 Å². The van der Waals surface area contributed by atoms with E-state index in [1.54, 1.807) is 19.9 Å². The highest BCUT2D eigenvalue weighted by Gasteiger charge is 2.39. The van der Waals surface area contributed by atoms with Crippen LogP contribution in [-0.4, -0.2) is 40.4 Å². The average molecular weight is 425 g/mol. The van der Waals surface area contributed by atoms with Gasteiger partial charge in [-0.25, -0.2) is 9.00 Å². The number of hydrogen-bond acceptors (Lipinski definition) is 7. The topological polar surface area (TPSA) is 114 Å². The van der Waals surface area contributed by atoms with E-state index in [0.717, 1.165) is 0 Å². The van der Waals surface area contributed by atoms with Gasteiger partial charge < -0.3 is 4.74 Å². The fourth-order valence-electron chi connectivity index (χ4n) is 2.63. The summed E-state index contributed by atoms with van der Waals surface area (Å²) in [5.74, 6) is -3.23. The van der Waals surface area contributed by atoms with Crippen LogP contribution in [0.4, 0.5) is 5.69 Å². The maximum absolute atomic E-state index is 12.8. The van der Waals surface area contributed by atoms with Crippen molar-refractivity contribution >= 4 is 44.6 Å². The predicted molar refractivity (Wildman–Crippen MR) is 105 cm³/mol. The number of nitrogens with zero attached hydrogens (tertiary/aromatic N) is 2. The highest BCUT2D eigenvalue weighted by Crippen LogP contribution is 2.37. The number of carbonyl (C=O) groups is 3. The van der Waals surface area contributed by atoms with Crippen LogP contribution < -0.4 is 0 Å². The van der Waals surface area contributed by atoms with Gasteiger partial charge in [-0.3, -0.25) is 9.59 Å². The second-order valence-electron chi connectivity index (χ2n) is 6.36. The van der Waals surface area contributed by atoms with Crippen LogP contribution in [0.15, 0.2) is 16.5 Å². The van der Waals surface area contributed by atoms with Gasteiger partial charge in [-0.2, -0.15) is 9.62 Å². The minimum Gasteiger partial charge on any atom is -0.465 e. The fraction of sp³-hybridized carbons (Fsp3) is 0.474. The largest absolute Gasteiger partial charge is 0.465 e. The van der Waals surface area contributed by atoms with E-state index in [4.69, 9.17) is 16.3 Å². The smallest absolute Gasteiger partial charge is 0.340 e. The van der Waals surface area contributed by atoms with Crippen molar-refractivity contribution in [1.82, 2.24) is 0 Å². The maximum atomic E-state index is 12.8. The lowest BCUT2D eigenvalue weighted by Crippen LogP contribution is -2.24. The highest BCUT2D eigenvalue weighted by atomic mass is 35.5. The fourth-order valence-corrected chi connectivity index (χ4v) is 4.17. The number of ether oxygens (including phenoxy) is 1. The lowest BCUT2D eigenvalue weighted by atomic mass is 9.91. The Balaban J connectivity index is 2.65. The Morgan fingerprint density at radius 2 is 1.86 bits per heavy atom. The van der Waals surface area contributed by atoms with Crippen molar-refractivity contribution in [2.75, 3.05) is 18.6 Å². The second-order valence-corrected chi connectivity index (χ2v) is 9.62. The molecule has 1 saturated carbocycles. The maximum Gasteiger partial charge on any atom is 0.340 e. The number of methoxy groups -OCH3 is 1. The molecule has 0 aliphatic heterocycles. The van der Waals surface area contributed by atoms with Crippen LogP contribution in [-0.2, 0) is 19.3 Å². The van der Waals surface area contributed by atoms with Crippen molar-refractivity contribution < 1.29 is 23.3 Å². The van der Waals surface area contributed by atoms with E-state index in [9.17, 15) is 23.9 Å². The Kier molecular flexibility index (Phi) is 6.96. The minimum absolute atomic E-state index is 0.0410. The zero-order valence-electron chi connectivity index (χ0n) is 15.9. The lowest BCUT2D eigenvalue weighted by Gasteiger charge is -2.14. The van der Waals surface area contributed by atoms with Crippen LogP contribution in [0.1, 0.15) is 47.4 Å². The Morgan fingerprint density at radius 1 is 1.29 bits per heavy atom. The first-order chi connectivity index (χ1) is 13.2. The van der Waals surface area contributed by atoms with E-state index in [2.05, 4.69) is 4.36 Å². The Bertz CT molecular complexity index is 975. The summed E-state index contributed by atoms with van der Waals surface area (Å²) < 4.78 is 21.7. The van der Waals surface area contributed by atoms with Gasteiger partial charge in [-0.05, 0) is 25.0 Å². The van der Waals surface area contributed by atoms with Gasteiger partial charge in [0.2, 0.25) is 0 Å². The van der Waals surface area contributed by atoms with E-state index >= 15 is 0 Å². The van der Waals surface area contributed by atoms with Crippen LogP contribution >= 0.6 is 11.6 Å². The number of halogens is 1. The summed E-state index contributed by atoms with van der Waals surface area (Å²) in [6, 6.07) is 4.30. The highest BCUT2D eigenvalue weighted by molar-refractivity contribution is 7.93. The molecule has 1 aliphatic rings. The molecule has 2 rings (SSSR count). The number of nitriles is 1. The third-order valence-corrected chi connectivity index (χ3v) is 7.30. The number of esters is 1. The molecule has 1 fully saturated rings. The summed E-state index contributed by atoms with van der Waals surface area (Å²) in [5, 5.41) is 9.11. The molecule has 0 saturated heterocycles. The molecule has 1 unspecified atom stereocenters. The molecule has 1 aromatic rings. The molecule has 0 bridgehead atoms. The van der Waals surface area contributed by atoms with Crippen LogP contribution in [0, 0.1) is 23.2 Å². The molecule has 0 heterocycles. The predicted octanol–water partition coefficient (Wildman–Crippen LogP) is 3.57. The molecule has 1 aliphatic carbocycles. The number of hydrogen-bond donors (Lipinski definition) is 0. The zero-order chi connectivity index (χ0) is 21.1. The summed E-state index contributed by atoms with van der Waals surface area (Å²) in [6.45, 7) is 3.38. The normalized spacial score (nSPS) is 14.7. The van der Waals surface area contributed by atoms with E-state index in [0.29, 0.717) is 12.8 Å². The van der Waals surface area contributed by atoms with Crippen molar-refractivity contribution in [2.45, 2.75) is 26.7 Å². The molecule has 0 N–H and O–H groups in total. The first kappa shape index (κ1) is 22.1. The molecular formula is C19H21ClN2O5S. The van der Waals surface area contributed by atoms with E-state index < -0.39 is 33.2 Å². The second kappa shape index (κ2) is 8.84. The van der Waals surface area contributed by atoms with Crippen LogP contribution in [0.5, 0.6) is 0 Å². The molecule has 1 aromatic carbocycles. The molecule has 150 valence electrons. The molecule has 28 heavy (non-hydrogen) atoms. The Hall–Kier alpha value is -2.24. The zero-order valence-corrected chi connectivity index (χ0v) is 17.4. The third-order valence-electron chi connectivity index (χ3n) is 4.60. The molecule has 9 heteroatoms. The SMILES string of the molecule is CCS(=O)(CC)=Nc1c(C(=O)OC)ccc(C(=O)C(C#N)C(=O)C2CC2)c1Cl. The minimum atomic E-state index is -2.70. The summed E-state index contributed by atoms with van der Waals surface area (Å²) in [6.07, 6.45) is 1.32. The quantitative estimate of drug-likeness (QED) is 0.358. The summed E-state index contributed by atoms with van der Waals surface area (Å²) in [4.78, 5) is 37.2. The number of benzene rings is 1. The molecule has 1 atom stereocenters. The standard InChI is InChI=1S/C19H21ClN2O5S/c1-4-28(26,5-2)22-16-13(19(25)27-3)9-8-12(15(16)20)18(24)14(10-21)17(23)11-6-7-11/h8-9,11,14H,4-7H2,1-3H3. The van der Waals surface area contributed by atoms with Crippen LogP contribution in [0.3, 0.4) is 0 Å². The molecule has 0 radical (unpaired) electrons. The number of Topliss-reactive ketones (excluding diaryl/α,β-unsaturated/α-hetero) is 2. The Labute approximate surface area is 169 Å². The van der Waals surface area contributed by atoms with Crippen molar-refractivity contribution in [1.29, 1.82) is 5.26 Å². The summed E-state index contributed by atoms with van der Waals surface area (Å²) >= 11 is 6.36. The van der Waals surface area contributed by atoms with Gasteiger partial charge >= 0.3 is 5.97 Å². The van der Waals surface area contributed by atoms with Crippen molar-refractivity contribution in [3.8, 4) is 6.07 Å². The molecule has 0 amide bonds. The molecule has 7 nitrogen and oxygen atoms in total. The van der Waals surface area contributed by atoms with E-state index in [-0.39, 0.29) is 39.3 Å². The third kappa shape index (κ3) is 4.42. The lowest BCUT2D eigenvalue weighted by molar-refractivity contribution is -0.121. The van der Waals surface area contributed by atoms with Crippen molar-refractivity contribution in [2.24, 2.45) is 16.2 Å². The number of ketones is 2. The molecule has 0 spiro atoms. The van der Waals surface area contributed by atoms with Gasteiger partial charge in [-0.15, -0.1) is 0 Å². The van der Waals surface area contributed by atoms with E-state index in [1.165, 1.54) is 19.2 Å². The monoisotopic (exact) mass is 424 g/mol. The number of rotatable bonds is 8. The molecular weight excluding hydrogens is 404 g/mol. The first-order valence-electron chi connectivity index (χ1n) is 8.83. The van der Waals surface area contributed by atoms with E-state index in [1.807, 2.05) is 0 Å². The summed E-state index contributed by atoms with van der Waals surface area (Å²) in [7, 11) is -1.53. The Morgan fingerprint density at radius 3 is 2.32 bits per heavy atom. The van der Waals surface area contributed by atoms with Crippen molar-refractivity contribution in [3.63, 3.8) is 0 Å². The average Bonchev–Trinajstić information content (AvgIpc) is 3.54. The van der Waals surface area contributed by atoms with Gasteiger partial charge in [0.05, 0.1) is 33.5 Å². The van der Waals surface area contributed by atoms with Gasteiger partial charge in [0.1, 0.15) is 5.69 Å². The van der Waals surface area contributed by atoms with Gasteiger partial charge in [0.15, 0.2) is 17.5 Å². The van der Waals surface area contributed by atoms with Gasteiger partial charge in [0, 0.05) is 23.0 Å².